The zero-order valence-electron chi connectivity index (χ0n) is 23.8. The van der Waals surface area contributed by atoms with Gasteiger partial charge in [-0.05, 0) is 73.4 Å². The molecule has 0 unspecified atom stereocenters. The average Bonchev–Trinajstić information content (AvgIpc) is 3.00. The van der Waals surface area contributed by atoms with Crippen LogP contribution in [0.2, 0.25) is 0 Å². The molecule has 1 N–H and O–H groups in total. The van der Waals surface area contributed by atoms with Gasteiger partial charge in [0.15, 0.2) is 0 Å². The molecule has 210 valence electrons. The van der Waals surface area contributed by atoms with E-state index in [4.69, 9.17) is 9.47 Å². The summed E-state index contributed by atoms with van der Waals surface area (Å²) in [5.74, 6) is -0.522. The summed E-state index contributed by atoms with van der Waals surface area (Å²) in [7, 11) is 0. The van der Waals surface area contributed by atoms with Crippen LogP contribution in [0.1, 0.15) is 47.1 Å². The number of carbonyl (C=O) groups excluding carboxylic acids is 2. The third-order valence-corrected chi connectivity index (χ3v) is 6.45. The molecule has 1 heterocycles. The monoisotopic (exact) mass is 556 g/mol. The van der Waals surface area contributed by atoms with Crippen molar-refractivity contribution >= 4 is 17.6 Å². The highest BCUT2D eigenvalue weighted by molar-refractivity contribution is 6.10. The van der Waals surface area contributed by atoms with Gasteiger partial charge in [0.2, 0.25) is 0 Å². The van der Waals surface area contributed by atoms with E-state index in [1.807, 2.05) is 112 Å². The van der Waals surface area contributed by atoms with Crippen LogP contribution in [0, 0.1) is 0 Å². The van der Waals surface area contributed by atoms with E-state index in [-0.39, 0.29) is 12.2 Å². The second kappa shape index (κ2) is 12.5. The van der Waals surface area contributed by atoms with Gasteiger partial charge in [0, 0.05) is 18.0 Å². The van der Waals surface area contributed by atoms with Crippen molar-refractivity contribution in [2.24, 2.45) is 0 Å². The van der Waals surface area contributed by atoms with Crippen molar-refractivity contribution in [2.45, 2.75) is 33.0 Å². The summed E-state index contributed by atoms with van der Waals surface area (Å²) >= 11 is 0. The summed E-state index contributed by atoms with van der Waals surface area (Å²) in [6, 6.07) is 34.1. The van der Waals surface area contributed by atoms with E-state index < -0.39 is 17.5 Å². The molecule has 5 rings (SSSR count). The fraction of sp³-hybridized carbons (Fsp3) is 0.139. The van der Waals surface area contributed by atoms with E-state index in [0.717, 1.165) is 27.8 Å². The number of esters is 1. The molecular formula is C36H32N2O4. The maximum atomic E-state index is 13.8. The molecular weight excluding hydrogens is 524 g/mol. The van der Waals surface area contributed by atoms with Gasteiger partial charge in [-0.1, -0.05) is 78.9 Å². The van der Waals surface area contributed by atoms with Crippen molar-refractivity contribution in [1.29, 1.82) is 0 Å². The van der Waals surface area contributed by atoms with Crippen LogP contribution >= 0.6 is 0 Å². The van der Waals surface area contributed by atoms with Crippen molar-refractivity contribution in [2.75, 3.05) is 5.32 Å². The highest BCUT2D eigenvalue weighted by atomic mass is 16.6. The molecule has 0 aliphatic carbocycles. The van der Waals surface area contributed by atoms with Crippen LogP contribution in [0.25, 0.3) is 22.3 Å². The second-order valence-electron chi connectivity index (χ2n) is 10.8. The summed E-state index contributed by atoms with van der Waals surface area (Å²) in [5.41, 5.74) is 4.79. The summed E-state index contributed by atoms with van der Waals surface area (Å²) < 4.78 is 11.9. The number of carbonyl (C=O) groups is 2. The number of rotatable bonds is 8. The van der Waals surface area contributed by atoms with Gasteiger partial charge in [-0.25, -0.2) is 4.79 Å². The summed E-state index contributed by atoms with van der Waals surface area (Å²) in [6.45, 7) is 5.70. The first-order valence-electron chi connectivity index (χ1n) is 13.7. The number of nitrogens with zero attached hydrogens (tertiary/aromatic N) is 1. The van der Waals surface area contributed by atoms with Crippen molar-refractivity contribution in [3.05, 3.63) is 138 Å². The lowest BCUT2D eigenvalue weighted by Gasteiger charge is -2.21. The van der Waals surface area contributed by atoms with Crippen LogP contribution in [-0.4, -0.2) is 22.5 Å². The average molecular weight is 557 g/mol. The maximum Gasteiger partial charge on any atom is 0.340 e. The van der Waals surface area contributed by atoms with E-state index >= 15 is 0 Å². The molecule has 0 fully saturated rings. The Morgan fingerprint density at radius 1 is 0.714 bits per heavy atom. The Labute approximate surface area is 246 Å². The standard InChI is InChI=1S/C36H32N2O4/c1-36(2,3)42-35(40)30-18-16-27(26-13-8-5-9-14-26)21-32(30)38-34(39)31-19-17-28(29-15-10-20-37-23-29)22-33(31)41-24-25-11-6-4-7-12-25/h4-23H,24H2,1-3H3,(H,38,39). The van der Waals surface area contributed by atoms with Crippen molar-refractivity contribution < 1.29 is 19.1 Å². The summed E-state index contributed by atoms with van der Waals surface area (Å²) in [4.78, 5) is 31.2. The lowest BCUT2D eigenvalue weighted by molar-refractivity contribution is 0.00707. The Morgan fingerprint density at radius 2 is 1.36 bits per heavy atom. The number of ether oxygens (including phenoxy) is 2. The topological polar surface area (TPSA) is 77.5 Å². The van der Waals surface area contributed by atoms with Crippen LogP contribution in [0.5, 0.6) is 5.75 Å². The van der Waals surface area contributed by atoms with Gasteiger partial charge in [0.1, 0.15) is 18.0 Å². The number of nitrogens with one attached hydrogen (secondary N) is 1. The first kappa shape index (κ1) is 28.3. The molecule has 0 spiro atoms. The minimum atomic E-state index is -0.697. The van der Waals surface area contributed by atoms with Gasteiger partial charge in [-0.3, -0.25) is 9.78 Å². The Bertz CT molecular complexity index is 1680. The lowest BCUT2D eigenvalue weighted by Crippen LogP contribution is -2.25. The normalized spacial score (nSPS) is 11.0. The van der Waals surface area contributed by atoms with Crippen LogP contribution in [-0.2, 0) is 11.3 Å². The third-order valence-electron chi connectivity index (χ3n) is 6.45. The number of pyridine rings is 1. The lowest BCUT2D eigenvalue weighted by atomic mass is 10.0. The van der Waals surface area contributed by atoms with Crippen molar-refractivity contribution in [3.8, 4) is 28.0 Å². The summed E-state index contributed by atoms with van der Waals surface area (Å²) in [5, 5.41) is 2.97. The van der Waals surface area contributed by atoms with Gasteiger partial charge in [-0.15, -0.1) is 0 Å². The number of aromatic nitrogens is 1. The fourth-order valence-corrected chi connectivity index (χ4v) is 4.44. The van der Waals surface area contributed by atoms with Gasteiger partial charge < -0.3 is 14.8 Å². The Balaban J connectivity index is 1.51. The second-order valence-corrected chi connectivity index (χ2v) is 10.8. The molecule has 4 aromatic carbocycles. The smallest absolute Gasteiger partial charge is 0.340 e. The summed E-state index contributed by atoms with van der Waals surface area (Å²) in [6.07, 6.45) is 3.47. The molecule has 0 atom stereocenters. The highest BCUT2D eigenvalue weighted by Crippen LogP contribution is 2.31. The number of benzene rings is 4. The van der Waals surface area contributed by atoms with E-state index in [9.17, 15) is 9.59 Å². The number of hydrogen-bond donors (Lipinski definition) is 1. The van der Waals surface area contributed by atoms with Gasteiger partial charge in [-0.2, -0.15) is 0 Å². The van der Waals surface area contributed by atoms with Crippen LogP contribution < -0.4 is 10.1 Å². The number of anilines is 1. The molecule has 42 heavy (non-hydrogen) atoms. The molecule has 0 aliphatic heterocycles. The zero-order valence-corrected chi connectivity index (χ0v) is 23.8. The Morgan fingerprint density at radius 3 is 2.02 bits per heavy atom. The van der Waals surface area contributed by atoms with E-state index in [1.165, 1.54) is 0 Å². The molecule has 5 aromatic rings. The third kappa shape index (κ3) is 7.09. The Kier molecular flexibility index (Phi) is 8.44. The largest absolute Gasteiger partial charge is 0.488 e. The molecule has 1 amide bonds. The van der Waals surface area contributed by atoms with Crippen LogP contribution in [0.4, 0.5) is 5.69 Å². The first-order valence-corrected chi connectivity index (χ1v) is 13.7. The van der Waals surface area contributed by atoms with E-state index in [0.29, 0.717) is 17.0 Å². The highest BCUT2D eigenvalue weighted by Gasteiger charge is 2.23. The van der Waals surface area contributed by atoms with Gasteiger partial charge in [0.25, 0.3) is 5.91 Å². The molecule has 1 aromatic heterocycles. The van der Waals surface area contributed by atoms with Gasteiger partial charge in [0.05, 0.1) is 16.8 Å². The van der Waals surface area contributed by atoms with E-state index in [1.54, 1.807) is 30.6 Å². The quantitative estimate of drug-likeness (QED) is 0.195. The fourth-order valence-electron chi connectivity index (χ4n) is 4.44. The van der Waals surface area contributed by atoms with Crippen molar-refractivity contribution in [3.63, 3.8) is 0 Å². The predicted octanol–water partition coefficient (Wildman–Crippen LogP) is 8.20. The maximum absolute atomic E-state index is 13.8. The van der Waals surface area contributed by atoms with Gasteiger partial charge >= 0.3 is 5.97 Å². The van der Waals surface area contributed by atoms with Crippen LogP contribution in [0.15, 0.2) is 122 Å². The predicted molar refractivity (Wildman–Crippen MR) is 165 cm³/mol. The zero-order chi connectivity index (χ0) is 29.5. The minimum Gasteiger partial charge on any atom is -0.488 e. The molecule has 0 radical (unpaired) electrons. The molecule has 0 bridgehead atoms. The van der Waals surface area contributed by atoms with Crippen LogP contribution in [0.3, 0.4) is 0 Å². The Hall–Kier alpha value is -5.23. The minimum absolute atomic E-state index is 0.261. The molecule has 0 saturated carbocycles. The molecule has 0 saturated heterocycles. The molecule has 0 aliphatic rings. The molecule has 6 heteroatoms. The molecule has 6 nitrogen and oxygen atoms in total. The van der Waals surface area contributed by atoms with E-state index in [2.05, 4.69) is 10.3 Å². The SMILES string of the molecule is CC(C)(C)OC(=O)c1ccc(-c2ccccc2)cc1NC(=O)c1ccc(-c2cccnc2)cc1OCc1ccccc1. The first-order chi connectivity index (χ1) is 20.3. The number of amides is 1. The number of hydrogen-bond acceptors (Lipinski definition) is 5. The van der Waals surface area contributed by atoms with Crippen molar-refractivity contribution in [1.82, 2.24) is 4.98 Å².